The second kappa shape index (κ2) is 7.45. The second-order valence-electron chi connectivity index (χ2n) is 7.70. The molecule has 0 aliphatic carbocycles. The van der Waals surface area contributed by atoms with Gasteiger partial charge in [-0.15, -0.1) is 0 Å². The zero-order valence-corrected chi connectivity index (χ0v) is 16.9. The van der Waals surface area contributed by atoms with Gasteiger partial charge in [0.15, 0.2) is 0 Å². The molecule has 1 saturated heterocycles. The van der Waals surface area contributed by atoms with Gasteiger partial charge in [0.05, 0.1) is 34.8 Å². The van der Waals surface area contributed by atoms with Gasteiger partial charge in [-0.05, 0) is 63.1 Å². The summed E-state index contributed by atoms with van der Waals surface area (Å²) in [5, 5.41) is 1.00. The zero-order chi connectivity index (χ0) is 19.8. The minimum absolute atomic E-state index is 0.190. The van der Waals surface area contributed by atoms with Crippen LogP contribution < -0.4 is 10.6 Å². The summed E-state index contributed by atoms with van der Waals surface area (Å²) in [5.41, 5.74) is 11.6. The highest BCUT2D eigenvalue weighted by Gasteiger charge is 2.25. The van der Waals surface area contributed by atoms with Gasteiger partial charge in [-0.1, -0.05) is 0 Å². The Labute approximate surface area is 165 Å². The summed E-state index contributed by atoms with van der Waals surface area (Å²) in [6.45, 7) is 10.6. The van der Waals surface area contributed by atoms with Crippen molar-refractivity contribution in [3.8, 4) is 11.4 Å². The van der Waals surface area contributed by atoms with E-state index in [-0.39, 0.29) is 12.2 Å². The Kier molecular flexibility index (Phi) is 5.00. The van der Waals surface area contributed by atoms with Crippen molar-refractivity contribution in [3.63, 3.8) is 0 Å². The molecule has 1 fully saturated rings. The van der Waals surface area contributed by atoms with Crippen molar-refractivity contribution in [2.75, 3.05) is 18.0 Å². The van der Waals surface area contributed by atoms with E-state index in [4.69, 9.17) is 20.4 Å². The Morgan fingerprint density at radius 2 is 1.82 bits per heavy atom. The third-order valence-electron chi connectivity index (χ3n) is 5.33. The lowest BCUT2D eigenvalue weighted by molar-refractivity contribution is -0.00549. The molecule has 6 heteroatoms. The Hall–Kier alpha value is -2.57. The highest BCUT2D eigenvalue weighted by Crippen LogP contribution is 2.29. The number of fused-ring (bicyclic) bond motifs is 1. The quantitative estimate of drug-likeness (QED) is 0.754. The Morgan fingerprint density at radius 1 is 1.07 bits per heavy atom. The number of rotatable bonds is 3. The summed E-state index contributed by atoms with van der Waals surface area (Å²) in [6.07, 6.45) is 2.20. The lowest BCUT2D eigenvalue weighted by atomic mass is 10.1. The molecule has 1 aliphatic rings. The fourth-order valence-electron chi connectivity index (χ4n) is 3.82. The van der Waals surface area contributed by atoms with Gasteiger partial charge in [0.25, 0.3) is 0 Å². The van der Waals surface area contributed by atoms with Crippen LogP contribution in [0.15, 0.2) is 30.5 Å². The summed E-state index contributed by atoms with van der Waals surface area (Å²) in [5.74, 6) is 1.02. The number of hydrogen-bond acceptors (Lipinski definition) is 6. The first-order valence-corrected chi connectivity index (χ1v) is 9.79. The highest BCUT2D eigenvalue weighted by atomic mass is 16.5. The molecule has 0 spiro atoms. The number of aryl methyl sites for hydroxylation is 1. The normalized spacial score (nSPS) is 20.0. The highest BCUT2D eigenvalue weighted by molar-refractivity contribution is 5.81. The largest absolute Gasteiger partial charge is 0.372 e. The summed E-state index contributed by atoms with van der Waals surface area (Å²) >= 11 is 0. The molecule has 6 nitrogen and oxygen atoms in total. The summed E-state index contributed by atoms with van der Waals surface area (Å²) < 4.78 is 5.89. The molecule has 2 atom stereocenters. The van der Waals surface area contributed by atoms with Crippen molar-refractivity contribution in [2.45, 2.75) is 46.4 Å². The predicted octanol–water partition coefficient (Wildman–Crippen LogP) is 3.38. The maximum Gasteiger partial charge on any atom is 0.132 e. The van der Waals surface area contributed by atoms with E-state index in [9.17, 15) is 0 Å². The van der Waals surface area contributed by atoms with E-state index in [1.165, 1.54) is 11.1 Å². The number of pyridine rings is 3. The average molecular weight is 377 g/mol. The van der Waals surface area contributed by atoms with Crippen LogP contribution in [0.5, 0.6) is 0 Å². The molecule has 146 valence electrons. The molecule has 4 rings (SSSR count). The van der Waals surface area contributed by atoms with Crippen molar-refractivity contribution in [3.05, 3.63) is 47.3 Å². The van der Waals surface area contributed by atoms with Crippen molar-refractivity contribution in [1.82, 2.24) is 15.0 Å². The summed E-state index contributed by atoms with van der Waals surface area (Å²) in [7, 11) is 0. The first kappa shape index (κ1) is 18.8. The van der Waals surface area contributed by atoms with E-state index in [2.05, 4.69) is 43.6 Å². The fraction of sp³-hybridized carbons (Fsp3) is 0.409. The molecule has 3 aromatic rings. The van der Waals surface area contributed by atoms with Crippen molar-refractivity contribution < 1.29 is 4.74 Å². The van der Waals surface area contributed by atoms with Gasteiger partial charge in [-0.2, -0.15) is 0 Å². The Morgan fingerprint density at radius 3 is 2.54 bits per heavy atom. The van der Waals surface area contributed by atoms with Crippen molar-refractivity contribution >= 4 is 16.7 Å². The predicted molar refractivity (Wildman–Crippen MR) is 112 cm³/mol. The topological polar surface area (TPSA) is 77.2 Å². The summed E-state index contributed by atoms with van der Waals surface area (Å²) in [6, 6.07) is 8.12. The van der Waals surface area contributed by atoms with E-state index in [0.29, 0.717) is 6.54 Å². The average Bonchev–Trinajstić information content (AvgIpc) is 2.68. The monoisotopic (exact) mass is 377 g/mol. The van der Waals surface area contributed by atoms with Crippen molar-refractivity contribution in [2.24, 2.45) is 5.73 Å². The molecule has 0 bridgehead atoms. The van der Waals surface area contributed by atoms with Gasteiger partial charge in [-0.3, -0.25) is 4.98 Å². The van der Waals surface area contributed by atoms with Crippen LogP contribution in [0.3, 0.4) is 0 Å². The Balaban J connectivity index is 1.78. The number of anilines is 1. The standard InChI is InChI=1S/C22H27N5O/c1-13-7-21(19-6-5-17-10-24-18(9-23)8-20(17)25-19)26-22(16(13)4)27-11-14(2)28-15(3)12-27/h5-8,10,14-15H,9,11-12,23H2,1-4H3/t14-,15+. The number of hydrogen-bond donors (Lipinski definition) is 1. The van der Waals surface area contributed by atoms with Crippen molar-refractivity contribution in [1.29, 1.82) is 0 Å². The molecule has 2 N–H and O–H groups in total. The van der Waals surface area contributed by atoms with Gasteiger partial charge in [0.1, 0.15) is 5.82 Å². The third-order valence-corrected chi connectivity index (χ3v) is 5.33. The van der Waals surface area contributed by atoms with E-state index in [1.807, 2.05) is 24.4 Å². The Bertz CT molecular complexity index is 1010. The lowest BCUT2D eigenvalue weighted by Crippen LogP contribution is -2.46. The molecule has 1 aliphatic heterocycles. The number of aromatic nitrogens is 3. The van der Waals surface area contributed by atoms with Gasteiger partial charge < -0.3 is 15.4 Å². The maximum absolute atomic E-state index is 5.89. The molecular formula is C22H27N5O. The first-order chi connectivity index (χ1) is 13.4. The molecule has 0 unspecified atom stereocenters. The van der Waals surface area contributed by atoms with Crippen LogP contribution in [0.2, 0.25) is 0 Å². The van der Waals surface area contributed by atoms with Crippen LogP contribution in [0.4, 0.5) is 5.82 Å². The molecule has 3 aromatic heterocycles. The van der Waals surface area contributed by atoms with E-state index >= 15 is 0 Å². The lowest BCUT2D eigenvalue weighted by Gasteiger charge is -2.37. The van der Waals surface area contributed by atoms with E-state index in [1.54, 1.807) is 0 Å². The molecule has 0 radical (unpaired) electrons. The van der Waals surface area contributed by atoms with E-state index in [0.717, 1.165) is 46.9 Å². The SMILES string of the molecule is Cc1cc(-c2ccc3cnc(CN)cc3n2)nc(N2C[C@@H](C)O[C@@H](C)C2)c1C. The smallest absolute Gasteiger partial charge is 0.132 e. The summed E-state index contributed by atoms with van der Waals surface area (Å²) in [4.78, 5) is 16.5. The van der Waals surface area contributed by atoms with Crippen LogP contribution in [0, 0.1) is 13.8 Å². The molecule has 0 amide bonds. The second-order valence-corrected chi connectivity index (χ2v) is 7.70. The molecule has 0 saturated carbocycles. The van der Waals surface area contributed by atoms with Crippen LogP contribution >= 0.6 is 0 Å². The minimum Gasteiger partial charge on any atom is -0.372 e. The zero-order valence-electron chi connectivity index (χ0n) is 16.9. The van der Waals surface area contributed by atoms with Crippen LogP contribution in [0.25, 0.3) is 22.3 Å². The molecule has 0 aromatic carbocycles. The van der Waals surface area contributed by atoms with Crippen LogP contribution in [-0.2, 0) is 11.3 Å². The van der Waals surface area contributed by atoms with E-state index < -0.39 is 0 Å². The third kappa shape index (κ3) is 3.57. The van der Waals surface area contributed by atoms with Gasteiger partial charge in [-0.25, -0.2) is 9.97 Å². The van der Waals surface area contributed by atoms with Gasteiger partial charge >= 0.3 is 0 Å². The molecular weight excluding hydrogens is 350 g/mol. The first-order valence-electron chi connectivity index (χ1n) is 9.79. The molecule has 28 heavy (non-hydrogen) atoms. The fourth-order valence-corrected chi connectivity index (χ4v) is 3.82. The number of ether oxygens (including phenoxy) is 1. The number of morpholine rings is 1. The van der Waals surface area contributed by atoms with Crippen LogP contribution in [0.1, 0.15) is 30.7 Å². The van der Waals surface area contributed by atoms with Gasteiger partial charge in [0, 0.05) is 31.2 Å². The van der Waals surface area contributed by atoms with Crippen LogP contribution in [-0.4, -0.2) is 40.2 Å². The minimum atomic E-state index is 0.190. The van der Waals surface area contributed by atoms with Gasteiger partial charge in [0.2, 0.25) is 0 Å². The number of nitrogens with zero attached hydrogens (tertiary/aromatic N) is 4. The number of nitrogens with two attached hydrogens (primary N) is 1. The maximum atomic E-state index is 5.89. The molecule has 4 heterocycles.